The quantitative estimate of drug-likeness (QED) is 0.733. The summed E-state index contributed by atoms with van der Waals surface area (Å²) in [6.07, 6.45) is 2.80. The number of hydrogen-bond acceptors (Lipinski definition) is 4. The lowest BCUT2D eigenvalue weighted by molar-refractivity contribution is -0.0767. The van der Waals surface area contributed by atoms with Gasteiger partial charge in [0.25, 0.3) is 0 Å². The third-order valence-electron chi connectivity index (χ3n) is 5.42. The Balaban J connectivity index is 1.84. The number of β-amino-alcohol motifs (C(OH)–C–C–N with tert-alkyl or cyclic N) is 1. The zero-order valence-corrected chi connectivity index (χ0v) is 13.2. The van der Waals surface area contributed by atoms with Gasteiger partial charge in [-0.25, -0.2) is 4.39 Å². The summed E-state index contributed by atoms with van der Waals surface area (Å²) >= 11 is 0. The molecule has 0 radical (unpaired) electrons. The fourth-order valence-electron chi connectivity index (χ4n) is 3.87. The van der Waals surface area contributed by atoms with E-state index in [2.05, 4.69) is 4.90 Å². The lowest BCUT2D eigenvalue weighted by Gasteiger charge is -2.43. The van der Waals surface area contributed by atoms with Crippen molar-refractivity contribution >= 4 is 0 Å². The van der Waals surface area contributed by atoms with Crippen LogP contribution in [-0.2, 0) is 0 Å². The first-order chi connectivity index (χ1) is 9.81. The van der Waals surface area contributed by atoms with Crippen molar-refractivity contribution in [3.8, 4) is 0 Å². The highest BCUT2D eigenvalue weighted by Crippen LogP contribution is 2.38. The van der Waals surface area contributed by atoms with Crippen LogP contribution >= 0.6 is 0 Å². The summed E-state index contributed by atoms with van der Waals surface area (Å²) in [5, 5.41) is 29.0. The van der Waals surface area contributed by atoms with E-state index in [4.69, 9.17) is 0 Å². The van der Waals surface area contributed by atoms with E-state index in [1.165, 1.54) is 0 Å². The minimum Gasteiger partial charge on any atom is -0.395 e. The highest BCUT2D eigenvalue weighted by Gasteiger charge is 2.37. The van der Waals surface area contributed by atoms with Crippen LogP contribution in [0.4, 0.5) is 4.39 Å². The van der Waals surface area contributed by atoms with Crippen molar-refractivity contribution in [1.29, 1.82) is 0 Å². The van der Waals surface area contributed by atoms with Crippen molar-refractivity contribution in [3.05, 3.63) is 0 Å². The Morgan fingerprint density at radius 3 is 2.24 bits per heavy atom. The molecule has 4 nitrogen and oxygen atoms in total. The topological polar surface area (TPSA) is 63.9 Å². The summed E-state index contributed by atoms with van der Waals surface area (Å²) in [5.74, 6) is 0.649. The number of rotatable bonds is 4. The number of aliphatic hydroxyl groups is 3. The molecule has 124 valence electrons. The van der Waals surface area contributed by atoms with Gasteiger partial charge in [-0.2, -0.15) is 0 Å². The van der Waals surface area contributed by atoms with Gasteiger partial charge in [0.2, 0.25) is 0 Å². The van der Waals surface area contributed by atoms with Gasteiger partial charge < -0.3 is 15.3 Å². The van der Waals surface area contributed by atoms with E-state index in [1.807, 2.05) is 0 Å². The standard InChI is InChI=1S/C16H30FNO3/c1-16(2,17)12-5-3-11(4-6-12)8-18-9-15(21)14(20)7-13(18)10-19/h11-15,19-21H,3-10H2,1-2H3/t11?,12?,13-,14+,15+/m1/s1. The third kappa shape index (κ3) is 4.38. The van der Waals surface area contributed by atoms with Crippen molar-refractivity contribution in [2.45, 2.75) is 69.9 Å². The minimum atomic E-state index is -1.09. The molecule has 0 aromatic rings. The number of aliphatic hydroxyl groups excluding tert-OH is 3. The van der Waals surface area contributed by atoms with Crippen LogP contribution in [0.25, 0.3) is 0 Å². The second-order valence-corrected chi connectivity index (χ2v) is 7.44. The Bertz CT molecular complexity index is 326. The van der Waals surface area contributed by atoms with E-state index in [1.54, 1.807) is 13.8 Å². The number of hydrogen-bond donors (Lipinski definition) is 3. The monoisotopic (exact) mass is 303 g/mol. The molecule has 0 spiro atoms. The van der Waals surface area contributed by atoms with Gasteiger partial charge in [-0.05, 0) is 57.8 Å². The van der Waals surface area contributed by atoms with E-state index in [-0.39, 0.29) is 18.6 Å². The van der Waals surface area contributed by atoms with Gasteiger partial charge in [-0.3, -0.25) is 4.90 Å². The Morgan fingerprint density at radius 2 is 1.71 bits per heavy atom. The van der Waals surface area contributed by atoms with Crippen LogP contribution < -0.4 is 0 Å². The van der Waals surface area contributed by atoms with Crippen LogP contribution in [0, 0.1) is 11.8 Å². The second kappa shape index (κ2) is 6.90. The molecule has 21 heavy (non-hydrogen) atoms. The summed E-state index contributed by atoms with van der Waals surface area (Å²) in [6.45, 7) is 4.59. The zero-order valence-electron chi connectivity index (χ0n) is 13.2. The zero-order chi connectivity index (χ0) is 15.6. The maximum Gasteiger partial charge on any atom is 0.108 e. The molecule has 1 saturated heterocycles. The molecule has 1 aliphatic carbocycles. The molecule has 2 fully saturated rings. The fraction of sp³-hybridized carbons (Fsp3) is 1.00. The Labute approximate surface area is 127 Å². The molecule has 5 heteroatoms. The SMILES string of the molecule is CC(C)(F)C1CCC(CN2C[C@H](O)[C@@H](O)C[C@@H]2CO)CC1. The van der Waals surface area contributed by atoms with E-state index >= 15 is 0 Å². The van der Waals surface area contributed by atoms with Gasteiger partial charge in [-0.1, -0.05) is 0 Å². The predicted octanol–water partition coefficient (Wildman–Crippen LogP) is 1.33. The molecule has 1 saturated carbocycles. The molecule has 3 N–H and O–H groups in total. The molecule has 2 rings (SSSR count). The maximum atomic E-state index is 14.0. The van der Waals surface area contributed by atoms with Gasteiger partial charge in [-0.15, -0.1) is 0 Å². The van der Waals surface area contributed by atoms with Gasteiger partial charge in [0.1, 0.15) is 5.67 Å². The van der Waals surface area contributed by atoms with Crippen LogP contribution in [0.3, 0.4) is 0 Å². The Morgan fingerprint density at radius 1 is 1.10 bits per heavy atom. The van der Waals surface area contributed by atoms with Crippen molar-refractivity contribution in [2.75, 3.05) is 19.7 Å². The van der Waals surface area contributed by atoms with Gasteiger partial charge in [0, 0.05) is 19.1 Å². The number of alkyl halides is 1. The highest BCUT2D eigenvalue weighted by atomic mass is 19.1. The molecule has 0 unspecified atom stereocenters. The van der Waals surface area contributed by atoms with E-state index in [0.29, 0.717) is 18.9 Å². The maximum absolute atomic E-state index is 14.0. The first kappa shape index (κ1) is 17.1. The first-order valence-electron chi connectivity index (χ1n) is 8.21. The normalized spacial score (nSPS) is 39.4. The van der Waals surface area contributed by atoms with E-state index in [0.717, 1.165) is 32.2 Å². The van der Waals surface area contributed by atoms with Crippen LogP contribution in [0.15, 0.2) is 0 Å². The molecule has 0 aromatic carbocycles. The molecule has 1 aliphatic heterocycles. The molecule has 3 atom stereocenters. The second-order valence-electron chi connectivity index (χ2n) is 7.44. The number of nitrogens with zero attached hydrogens (tertiary/aromatic N) is 1. The minimum absolute atomic E-state index is 0.0106. The summed E-state index contributed by atoms with van der Waals surface area (Å²) in [7, 11) is 0. The van der Waals surface area contributed by atoms with Gasteiger partial charge in [0.15, 0.2) is 0 Å². The molecular weight excluding hydrogens is 273 g/mol. The van der Waals surface area contributed by atoms with E-state index in [9.17, 15) is 19.7 Å². The van der Waals surface area contributed by atoms with Crippen molar-refractivity contribution in [3.63, 3.8) is 0 Å². The molecule has 1 heterocycles. The average Bonchev–Trinajstić information content (AvgIpc) is 2.42. The predicted molar refractivity (Wildman–Crippen MR) is 79.7 cm³/mol. The average molecular weight is 303 g/mol. The highest BCUT2D eigenvalue weighted by molar-refractivity contribution is 4.90. The largest absolute Gasteiger partial charge is 0.395 e. The van der Waals surface area contributed by atoms with E-state index < -0.39 is 17.9 Å². The fourth-order valence-corrected chi connectivity index (χ4v) is 3.87. The number of halogens is 1. The summed E-state index contributed by atoms with van der Waals surface area (Å²) < 4.78 is 14.0. The van der Waals surface area contributed by atoms with Crippen LogP contribution in [0.2, 0.25) is 0 Å². The summed E-state index contributed by atoms with van der Waals surface area (Å²) in [6, 6.07) is -0.0706. The summed E-state index contributed by atoms with van der Waals surface area (Å²) in [5.41, 5.74) is -1.09. The summed E-state index contributed by atoms with van der Waals surface area (Å²) in [4.78, 5) is 2.10. The molecular formula is C16H30FNO3. The van der Waals surface area contributed by atoms with Crippen LogP contribution in [0.1, 0.15) is 46.0 Å². The molecule has 2 aliphatic rings. The lowest BCUT2D eigenvalue weighted by Crippen LogP contribution is -2.55. The lowest BCUT2D eigenvalue weighted by atomic mass is 9.75. The Kier molecular flexibility index (Phi) is 5.63. The Hall–Kier alpha value is -0.230. The molecule has 0 amide bonds. The van der Waals surface area contributed by atoms with Crippen molar-refractivity contribution in [2.24, 2.45) is 11.8 Å². The number of likely N-dealkylation sites (tertiary alicyclic amines) is 1. The third-order valence-corrected chi connectivity index (χ3v) is 5.42. The van der Waals surface area contributed by atoms with Crippen LogP contribution in [0.5, 0.6) is 0 Å². The molecule has 0 aromatic heterocycles. The van der Waals surface area contributed by atoms with Gasteiger partial charge in [0.05, 0.1) is 18.8 Å². The van der Waals surface area contributed by atoms with Crippen LogP contribution in [-0.4, -0.2) is 63.8 Å². The van der Waals surface area contributed by atoms with Gasteiger partial charge >= 0.3 is 0 Å². The first-order valence-corrected chi connectivity index (χ1v) is 8.21. The molecule has 0 bridgehead atoms. The van der Waals surface area contributed by atoms with Crippen molar-refractivity contribution in [1.82, 2.24) is 4.90 Å². The smallest absolute Gasteiger partial charge is 0.108 e. The number of piperidine rings is 1. The van der Waals surface area contributed by atoms with Crippen molar-refractivity contribution < 1.29 is 19.7 Å².